The monoisotopic (exact) mass is 310 g/mol. The molecule has 2 aliphatic carbocycles. The van der Waals surface area contributed by atoms with Crippen LogP contribution in [0.15, 0.2) is 0 Å². The molecule has 3 aliphatic rings. The molecule has 0 aromatic carbocycles. The Balaban J connectivity index is 1.65. The van der Waals surface area contributed by atoms with E-state index in [9.17, 15) is 0 Å². The van der Waals surface area contributed by atoms with E-state index in [0.717, 1.165) is 17.3 Å². The van der Waals surface area contributed by atoms with Gasteiger partial charge in [-0.2, -0.15) is 11.8 Å². The maximum Gasteiger partial charge on any atom is 0.0309 e. The molecular weight excluding hydrogens is 276 g/mol. The van der Waals surface area contributed by atoms with Gasteiger partial charge in [-0.25, -0.2) is 0 Å². The number of hydrogen-bond acceptors (Lipinski definition) is 3. The third kappa shape index (κ3) is 3.61. The average molecular weight is 311 g/mol. The highest BCUT2D eigenvalue weighted by atomic mass is 32.2. The Kier molecular flexibility index (Phi) is 5.55. The van der Waals surface area contributed by atoms with Crippen molar-refractivity contribution >= 4 is 11.8 Å². The van der Waals surface area contributed by atoms with Gasteiger partial charge in [-0.1, -0.05) is 33.1 Å². The Hall–Kier alpha value is 0.270. The van der Waals surface area contributed by atoms with Crippen molar-refractivity contribution in [3.05, 3.63) is 0 Å². The number of nitrogens with one attached hydrogen (secondary N) is 1. The molecule has 1 N–H and O–H groups in total. The van der Waals surface area contributed by atoms with Gasteiger partial charge in [0.1, 0.15) is 0 Å². The van der Waals surface area contributed by atoms with E-state index in [2.05, 4.69) is 35.8 Å². The predicted molar refractivity (Wildman–Crippen MR) is 94.2 cm³/mol. The molecule has 2 nitrogen and oxygen atoms in total. The summed E-state index contributed by atoms with van der Waals surface area (Å²) in [6, 6.07) is 1.66. The molecule has 0 amide bonds. The van der Waals surface area contributed by atoms with Gasteiger partial charge in [-0.15, -0.1) is 0 Å². The third-order valence-electron chi connectivity index (χ3n) is 6.18. The van der Waals surface area contributed by atoms with Crippen molar-refractivity contribution in [1.29, 1.82) is 0 Å². The van der Waals surface area contributed by atoms with E-state index in [1.807, 2.05) is 0 Å². The Bertz CT molecular complexity index is 327. The molecule has 3 rings (SSSR count). The number of rotatable bonds is 4. The van der Waals surface area contributed by atoms with Gasteiger partial charge in [-0.3, -0.25) is 4.90 Å². The largest absolute Gasteiger partial charge is 0.308 e. The van der Waals surface area contributed by atoms with Crippen LogP contribution >= 0.6 is 11.8 Å². The first-order valence-electron chi connectivity index (χ1n) is 9.38. The Morgan fingerprint density at radius 2 is 1.95 bits per heavy atom. The van der Waals surface area contributed by atoms with Crippen LogP contribution in [-0.2, 0) is 0 Å². The van der Waals surface area contributed by atoms with Crippen molar-refractivity contribution in [3.63, 3.8) is 0 Å². The van der Waals surface area contributed by atoms with Crippen LogP contribution in [-0.4, -0.2) is 46.6 Å². The number of nitrogens with zero attached hydrogens (tertiary/aromatic N) is 1. The van der Waals surface area contributed by atoms with Crippen LogP contribution in [0.25, 0.3) is 0 Å². The summed E-state index contributed by atoms with van der Waals surface area (Å²) >= 11 is 2.20. The molecule has 1 saturated heterocycles. The summed E-state index contributed by atoms with van der Waals surface area (Å²) in [6.45, 7) is 7.26. The van der Waals surface area contributed by atoms with Gasteiger partial charge < -0.3 is 5.32 Å². The first-order valence-corrected chi connectivity index (χ1v) is 10.4. The van der Waals surface area contributed by atoms with Crippen molar-refractivity contribution in [2.45, 2.75) is 94.5 Å². The summed E-state index contributed by atoms with van der Waals surface area (Å²) in [5.74, 6) is 1.29. The van der Waals surface area contributed by atoms with E-state index in [-0.39, 0.29) is 0 Å². The summed E-state index contributed by atoms with van der Waals surface area (Å²) in [4.78, 5) is 2.94. The molecule has 3 fully saturated rings. The van der Waals surface area contributed by atoms with Crippen LogP contribution in [0.3, 0.4) is 0 Å². The lowest BCUT2D eigenvalue weighted by Crippen LogP contribution is -2.66. The molecular formula is C18H34N2S. The molecule has 3 atom stereocenters. The highest BCUT2D eigenvalue weighted by Gasteiger charge is 2.43. The summed E-state index contributed by atoms with van der Waals surface area (Å²) in [5, 5.41) is 4.92. The van der Waals surface area contributed by atoms with Crippen LogP contribution < -0.4 is 5.32 Å². The maximum absolute atomic E-state index is 3.98. The van der Waals surface area contributed by atoms with Crippen LogP contribution in [0.1, 0.15) is 71.6 Å². The van der Waals surface area contributed by atoms with E-state index >= 15 is 0 Å². The van der Waals surface area contributed by atoms with E-state index in [1.54, 1.807) is 0 Å². The third-order valence-corrected chi connectivity index (χ3v) is 7.41. The fraction of sp³-hybridized carbons (Fsp3) is 1.00. The highest BCUT2D eigenvalue weighted by Crippen LogP contribution is 2.38. The van der Waals surface area contributed by atoms with Crippen molar-refractivity contribution in [3.8, 4) is 0 Å². The Morgan fingerprint density at radius 1 is 1.14 bits per heavy atom. The van der Waals surface area contributed by atoms with Crippen LogP contribution in [0.2, 0.25) is 0 Å². The normalized spacial score (nSPS) is 37.1. The fourth-order valence-electron chi connectivity index (χ4n) is 4.96. The standard InChI is InChI=1S/C18H34N2S/c1-3-15-13-19-18(10-6-5-7-11-18)14-20(15)16-8-9-17(12-16)21-4-2/h15-17,19H,3-14H2,1-2H3. The van der Waals surface area contributed by atoms with E-state index in [1.165, 1.54) is 76.6 Å². The van der Waals surface area contributed by atoms with Gasteiger partial charge >= 0.3 is 0 Å². The lowest BCUT2D eigenvalue weighted by Gasteiger charge is -2.51. The van der Waals surface area contributed by atoms with Gasteiger partial charge in [0, 0.05) is 36.0 Å². The molecule has 2 saturated carbocycles. The second-order valence-electron chi connectivity index (χ2n) is 7.50. The molecule has 0 aromatic rings. The smallest absolute Gasteiger partial charge is 0.0309 e. The summed E-state index contributed by atoms with van der Waals surface area (Å²) in [7, 11) is 0. The van der Waals surface area contributed by atoms with Crippen molar-refractivity contribution in [2.24, 2.45) is 0 Å². The van der Waals surface area contributed by atoms with Gasteiger partial charge in [0.25, 0.3) is 0 Å². The SMILES string of the molecule is CCSC1CCC(N2CC3(CCCCC3)NCC2CC)C1. The second kappa shape index (κ2) is 7.23. The summed E-state index contributed by atoms with van der Waals surface area (Å²) in [6.07, 6.45) is 12.8. The quantitative estimate of drug-likeness (QED) is 0.843. The second-order valence-corrected chi connectivity index (χ2v) is 9.08. The molecule has 0 radical (unpaired) electrons. The number of piperazine rings is 1. The first kappa shape index (κ1) is 16.1. The predicted octanol–water partition coefficient (Wildman–Crippen LogP) is 4.05. The molecule has 122 valence electrons. The fourth-order valence-corrected chi connectivity index (χ4v) is 6.09. The Morgan fingerprint density at radius 3 is 2.67 bits per heavy atom. The molecule has 3 unspecified atom stereocenters. The highest BCUT2D eigenvalue weighted by molar-refractivity contribution is 7.99. The van der Waals surface area contributed by atoms with Crippen LogP contribution in [0, 0.1) is 0 Å². The minimum atomic E-state index is 0.472. The zero-order chi connectivity index (χ0) is 14.7. The molecule has 3 heteroatoms. The molecule has 1 spiro atoms. The zero-order valence-corrected chi connectivity index (χ0v) is 14.9. The summed E-state index contributed by atoms with van der Waals surface area (Å²) in [5.41, 5.74) is 0.472. The minimum absolute atomic E-state index is 0.472. The van der Waals surface area contributed by atoms with E-state index < -0.39 is 0 Å². The van der Waals surface area contributed by atoms with Crippen LogP contribution in [0.4, 0.5) is 0 Å². The molecule has 1 heterocycles. The van der Waals surface area contributed by atoms with Gasteiger partial charge in [0.2, 0.25) is 0 Å². The van der Waals surface area contributed by atoms with E-state index in [0.29, 0.717) is 5.54 Å². The minimum Gasteiger partial charge on any atom is -0.308 e. The molecule has 0 aromatic heterocycles. The maximum atomic E-state index is 3.98. The average Bonchev–Trinajstić information content (AvgIpc) is 2.97. The van der Waals surface area contributed by atoms with Gasteiger partial charge in [-0.05, 0) is 44.3 Å². The van der Waals surface area contributed by atoms with Crippen molar-refractivity contribution in [1.82, 2.24) is 10.2 Å². The zero-order valence-electron chi connectivity index (χ0n) is 14.1. The van der Waals surface area contributed by atoms with Crippen molar-refractivity contribution in [2.75, 3.05) is 18.8 Å². The van der Waals surface area contributed by atoms with Gasteiger partial charge in [0.05, 0.1) is 0 Å². The topological polar surface area (TPSA) is 15.3 Å². The first-order chi connectivity index (χ1) is 10.3. The van der Waals surface area contributed by atoms with Crippen molar-refractivity contribution < 1.29 is 0 Å². The summed E-state index contributed by atoms with van der Waals surface area (Å²) < 4.78 is 0. The Labute approximate surface area is 135 Å². The number of thioether (sulfide) groups is 1. The molecule has 1 aliphatic heterocycles. The number of hydrogen-bond donors (Lipinski definition) is 1. The lowest BCUT2D eigenvalue weighted by atomic mass is 9.78. The van der Waals surface area contributed by atoms with Crippen LogP contribution in [0.5, 0.6) is 0 Å². The molecule has 21 heavy (non-hydrogen) atoms. The lowest BCUT2D eigenvalue weighted by molar-refractivity contribution is 0.0243. The van der Waals surface area contributed by atoms with E-state index in [4.69, 9.17) is 0 Å². The molecule has 0 bridgehead atoms. The van der Waals surface area contributed by atoms with Gasteiger partial charge in [0.15, 0.2) is 0 Å².